The number of hydrogen-bond donors (Lipinski definition) is 1. The molecule has 0 aromatic heterocycles. The number of aliphatic carboxylic acids is 1. The van der Waals surface area contributed by atoms with E-state index in [9.17, 15) is 0 Å². The second-order valence-electron chi connectivity index (χ2n) is 1.17. The van der Waals surface area contributed by atoms with Crippen LogP contribution in [0.2, 0.25) is 0 Å². The van der Waals surface area contributed by atoms with E-state index < -0.39 is 5.97 Å². The highest BCUT2D eigenvalue weighted by Gasteiger charge is 1.65. The van der Waals surface area contributed by atoms with Gasteiger partial charge in [-0.3, -0.25) is 4.79 Å². The second-order valence-corrected chi connectivity index (χ2v) is 2.89. The van der Waals surface area contributed by atoms with Crippen LogP contribution in [-0.4, -0.2) is 11.1 Å². The topological polar surface area (TPSA) is 37.3 Å². The highest BCUT2D eigenvalue weighted by Crippen LogP contribution is 1.98. The first-order chi connectivity index (χ1) is 6.29. The Bertz CT molecular complexity index is 131. The Balaban J connectivity index is -0.0000000482. The number of carbonyl (C=O) groups is 1. The van der Waals surface area contributed by atoms with E-state index in [1.807, 2.05) is 0 Å². The molecule has 0 saturated heterocycles. The fraction of sp³-hybridized carbons (Fsp3) is 0.125. The molecular weight excluding hydrogens is 270 g/mol. The second kappa shape index (κ2) is 29.3. The molecule has 0 aromatic rings. The molecule has 0 aliphatic rings. The minimum Gasteiger partial charge on any atom is -0.481 e. The maximum absolute atomic E-state index is 9.00. The van der Waals surface area contributed by atoms with Gasteiger partial charge in [0.25, 0.3) is 5.97 Å². The van der Waals surface area contributed by atoms with Gasteiger partial charge in [-0.15, -0.1) is 0 Å². The van der Waals surface area contributed by atoms with Gasteiger partial charge in [-0.2, -0.15) is 0 Å². The molecule has 6 heteroatoms. The quantitative estimate of drug-likeness (QED) is 0.695. The van der Waals surface area contributed by atoms with E-state index >= 15 is 0 Å². The lowest BCUT2D eigenvalue weighted by Gasteiger charge is -1.59. The summed E-state index contributed by atoms with van der Waals surface area (Å²) in [6.45, 7) is 10.4. The van der Waals surface area contributed by atoms with E-state index in [0.29, 0.717) is 0 Å². The lowest BCUT2D eigenvalue weighted by atomic mass is 10.9. The zero-order valence-electron chi connectivity index (χ0n) is 7.64. The Kier molecular flexibility index (Phi) is 49.3. The summed E-state index contributed by atoms with van der Waals surface area (Å²) in [7, 11) is 0. The van der Waals surface area contributed by atoms with Gasteiger partial charge >= 0.3 is 0 Å². The zero-order chi connectivity index (χ0) is 12.6. The molecule has 0 heterocycles. The molecule has 0 spiro atoms. The van der Waals surface area contributed by atoms with Gasteiger partial charge in [-0.05, 0) is 11.1 Å². The predicted octanol–water partition coefficient (Wildman–Crippen LogP) is 4.76. The minimum atomic E-state index is -0.833. The number of hydrogen-bond acceptors (Lipinski definition) is 1. The summed E-state index contributed by atoms with van der Waals surface area (Å²) in [6, 6.07) is 0. The molecule has 0 aliphatic carbocycles. The monoisotopic (exact) mass is 280 g/mol. The first kappa shape index (κ1) is 23.6. The summed E-state index contributed by atoms with van der Waals surface area (Å²) >= 11 is 19.2. The van der Waals surface area contributed by atoms with Gasteiger partial charge < -0.3 is 5.11 Å². The van der Waals surface area contributed by atoms with Crippen LogP contribution >= 0.6 is 46.4 Å². The van der Waals surface area contributed by atoms with E-state index in [2.05, 4.69) is 19.7 Å². The molecule has 0 rings (SSSR count). The predicted molar refractivity (Wildman–Crippen MR) is 66.3 cm³/mol. The van der Waals surface area contributed by atoms with Crippen LogP contribution in [0.1, 0.15) is 6.92 Å². The minimum absolute atomic E-state index is 0.111. The van der Waals surface area contributed by atoms with Crippen molar-refractivity contribution < 1.29 is 9.90 Å². The van der Waals surface area contributed by atoms with Crippen LogP contribution < -0.4 is 0 Å². The Morgan fingerprint density at radius 2 is 1.21 bits per heavy atom. The molecule has 0 bridgehead atoms. The summed E-state index contributed by atoms with van der Waals surface area (Å²) in [4.78, 5) is 9.00. The lowest BCUT2D eigenvalue weighted by Crippen LogP contribution is -1.78. The summed E-state index contributed by atoms with van der Waals surface area (Å²) in [5.74, 6) is -0.833. The average Bonchev–Trinajstić information content (AvgIpc) is 1.85. The molecule has 0 aliphatic heterocycles. The molecule has 0 atom stereocenters. The third-order valence-electron chi connectivity index (χ3n) is 0. The smallest absolute Gasteiger partial charge is 0.300 e. The van der Waals surface area contributed by atoms with E-state index in [1.54, 1.807) is 0 Å². The standard InChI is InChI=1S/C2H2Cl2.2C2H3Cl.C2H4O2/c1-2(3)4;2*1-2-3;1-2(3)4/h1H2;2*2H,1H2;1H3,(H,3,4). The van der Waals surface area contributed by atoms with Crippen molar-refractivity contribution in [2.45, 2.75) is 6.92 Å². The molecule has 84 valence electrons. The van der Waals surface area contributed by atoms with Crippen molar-refractivity contribution in [1.82, 2.24) is 0 Å². The largest absolute Gasteiger partial charge is 0.481 e. The zero-order valence-corrected chi connectivity index (χ0v) is 10.7. The van der Waals surface area contributed by atoms with Crippen LogP contribution in [-0.2, 0) is 4.79 Å². The van der Waals surface area contributed by atoms with Crippen molar-refractivity contribution >= 4 is 52.4 Å². The highest BCUT2D eigenvalue weighted by atomic mass is 35.5. The SMILES string of the molecule is C=C(Cl)Cl.C=CCl.C=CCl.CC(=O)O. The molecule has 0 amide bonds. The van der Waals surface area contributed by atoms with Crippen LogP contribution in [0.5, 0.6) is 0 Å². The van der Waals surface area contributed by atoms with Crippen molar-refractivity contribution in [3.8, 4) is 0 Å². The third-order valence-corrected chi connectivity index (χ3v) is 0. The van der Waals surface area contributed by atoms with Gasteiger partial charge in [0.15, 0.2) is 0 Å². The van der Waals surface area contributed by atoms with Crippen molar-refractivity contribution in [3.05, 3.63) is 35.3 Å². The van der Waals surface area contributed by atoms with Crippen LogP contribution in [0.4, 0.5) is 0 Å². The maximum Gasteiger partial charge on any atom is 0.300 e. The number of rotatable bonds is 0. The van der Waals surface area contributed by atoms with Crippen LogP contribution in [0, 0.1) is 0 Å². The Morgan fingerprint density at radius 3 is 1.21 bits per heavy atom. The first-order valence-corrected chi connectivity index (χ1v) is 4.54. The lowest BCUT2D eigenvalue weighted by molar-refractivity contribution is -0.134. The number of carboxylic acids is 1. The average molecular weight is 282 g/mol. The first-order valence-electron chi connectivity index (χ1n) is 2.91. The van der Waals surface area contributed by atoms with E-state index in [4.69, 9.17) is 56.3 Å². The van der Waals surface area contributed by atoms with Gasteiger partial charge in [0.05, 0.1) is 4.49 Å². The maximum atomic E-state index is 9.00. The van der Waals surface area contributed by atoms with Gasteiger partial charge in [-0.1, -0.05) is 66.1 Å². The molecule has 0 unspecified atom stereocenters. The normalized spacial score (nSPS) is 5.50. The highest BCUT2D eigenvalue weighted by molar-refractivity contribution is 6.55. The van der Waals surface area contributed by atoms with Gasteiger partial charge in [0, 0.05) is 6.92 Å². The van der Waals surface area contributed by atoms with Crippen LogP contribution in [0.25, 0.3) is 0 Å². The molecule has 14 heavy (non-hydrogen) atoms. The number of halogens is 4. The van der Waals surface area contributed by atoms with E-state index in [1.165, 1.54) is 11.1 Å². The summed E-state index contributed by atoms with van der Waals surface area (Å²) in [5.41, 5.74) is 2.44. The molecule has 0 saturated carbocycles. The van der Waals surface area contributed by atoms with Crippen molar-refractivity contribution in [2.24, 2.45) is 0 Å². The molecule has 0 fully saturated rings. The Morgan fingerprint density at radius 1 is 1.21 bits per heavy atom. The van der Waals surface area contributed by atoms with Crippen LogP contribution in [0.15, 0.2) is 35.3 Å². The third kappa shape index (κ3) is 62000. The molecular formula is C8H12Cl4O2. The fourth-order valence-electron chi connectivity index (χ4n) is 0. The molecule has 2 nitrogen and oxygen atoms in total. The van der Waals surface area contributed by atoms with Gasteiger partial charge in [0.2, 0.25) is 0 Å². The number of carboxylic acid groups (broad SMARTS) is 1. The van der Waals surface area contributed by atoms with Gasteiger partial charge in [0.1, 0.15) is 0 Å². The van der Waals surface area contributed by atoms with Gasteiger partial charge in [-0.25, -0.2) is 0 Å². The van der Waals surface area contributed by atoms with E-state index in [-0.39, 0.29) is 4.49 Å². The van der Waals surface area contributed by atoms with Crippen molar-refractivity contribution in [2.75, 3.05) is 0 Å². The summed E-state index contributed by atoms with van der Waals surface area (Å²) in [6.07, 6.45) is 0. The Labute approximate surface area is 104 Å². The molecule has 0 aromatic carbocycles. The van der Waals surface area contributed by atoms with E-state index in [0.717, 1.165) is 6.92 Å². The Hall–Kier alpha value is -0.150. The van der Waals surface area contributed by atoms with Crippen molar-refractivity contribution in [1.29, 1.82) is 0 Å². The molecule has 0 radical (unpaired) electrons. The fourth-order valence-corrected chi connectivity index (χ4v) is 0. The molecule has 1 N–H and O–H groups in total. The summed E-state index contributed by atoms with van der Waals surface area (Å²) < 4.78 is 0.111. The summed E-state index contributed by atoms with van der Waals surface area (Å²) in [5, 5.41) is 7.42. The van der Waals surface area contributed by atoms with Crippen LogP contribution in [0.3, 0.4) is 0 Å². The van der Waals surface area contributed by atoms with Crippen molar-refractivity contribution in [3.63, 3.8) is 0 Å².